The molecule has 0 spiro atoms. The van der Waals surface area contributed by atoms with E-state index < -0.39 is 0 Å². The molecule has 2 aromatic heterocycles. The Morgan fingerprint density at radius 1 is 0.964 bits per heavy atom. The molecular formula is C24H23N3O. The van der Waals surface area contributed by atoms with Crippen LogP contribution in [0.4, 0.5) is 5.69 Å². The van der Waals surface area contributed by atoms with Crippen molar-refractivity contribution in [1.82, 2.24) is 9.88 Å². The van der Waals surface area contributed by atoms with Gasteiger partial charge < -0.3 is 9.32 Å². The van der Waals surface area contributed by atoms with Crippen LogP contribution in [0.25, 0.3) is 22.1 Å². The molecule has 4 nitrogen and oxygen atoms in total. The standard InChI is InChI=1S/C24H23N3O/c1-14-10-11-18-19-9-6-12-25-24(19)28-23(18)22(14)27-15(2)26(3)20-13-21(27)17-8-5-4-7-16(17)20/h4-12,15,20-21H,13H2,1-3H3/t15-,20?,21?/m0/s1. The van der Waals surface area contributed by atoms with Crippen LogP contribution >= 0.6 is 0 Å². The molecule has 4 aromatic rings. The molecule has 0 radical (unpaired) electrons. The summed E-state index contributed by atoms with van der Waals surface area (Å²) >= 11 is 0. The Morgan fingerprint density at radius 2 is 1.75 bits per heavy atom. The van der Waals surface area contributed by atoms with Gasteiger partial charge in [-0.05, 0) is 56.1 Å². The van der Waals surface area contributed by atoms with Gasteiger partial charge in [0.05, 0.1) is 17.9 Å². The molecule has 6 rings (SSSR count). The quantitative estimate of drug-likeness (QED) is 0.439. The van der Waals surface area contributed by atoms with Crippen LogP contribution in [0.15, 0.2) is 59.1 Å². The average molecular weight is 369 g/mol. The third-order valence-corrected chi connectivity index (χ3v) is 6.83. The first kappa shape index (κ1) is 16.1. The Balaban J connectivity index is 1.64. The van der Waals surface area contributed by atoms with Crippen molar-refractivity contribution in [2.45, 2.75) is 38.5 Å². The minimum atomic E-state index is 0.279. The molecule has 2 aliphatic rings. The first-order valence-corrected chi connectivity index (χ1v) is 10.0. The van der Waals surface area contributed by atoms with E-state index in [9.17, 15) is 0 Å². The zero-order valence-corrected chi connectivity index (χ0v) is 16.4. The number of aryl methyl sites for hydroxylation is 1. The molecule has 3 heterocycles. The molecule has 4 heteroatoms. The van der Waals surface area contributed by atoms with E-state index in [1.54, 1.807) is 6.20 Å². The van der Waals surface area contributed by atoms with Gasteiger partial charge in [0.25, 0.3) is 0 Å². The lowest BCUT2D eigenvalue weighted by Gasteiger charge is -2.47. The maximum absolute atomic E-state index is 6.32. The van der Waals surface area contributed by atoms with Crippen LogP contribution in [0.3, 0.4) is 0 Å². The number of hydrogen-bond acceptors (Lipinski definition) is 4. The van der Waals surface area contributed by atoms with Gasteiger partial charge in [0.1, 0.15) is 0 Å². The number of benzene rings is 2. The SMILES string of the molecule is Cc1ccc2c(oc3ncccc32)c1N1C2CC(c3ccccc32)N(C)[C@@H]1C. The van der Waals surface area contributed by atoms with Crippen molar-refractivity contribution < 1.29 is 4.42 Å². The van der Waals surface area contributed by atoms with E-state index in [2.05, 4.69) is 78.1 Å². The zero-order valence-electron chi connectivity index (χ0n) is 16.4. The van der Waals surface area contributed by atoms with Crippen molar-refractivity contribution in [3.63, 3.8) is 0 Å². The van der Waals surface area contributed by atoms with E-state index in [4.69, 9.17) is 4.42 Å². The smallest absolute Gasteiger partial charge is 0.227 e. The molecule has 2 unspecified atom stereocenters. The maximum atomic E-state index is 6.32. The van der Waals surface area contributed by atoms with E-state index in [0.717, 1.165) is 22.8 Å². The maximum Gasteiger partial charge on any atom is 0.227 e. The summed E-state index contributed by atoms with van der Waals surface area (Å²) in [6.07, 6.45) is 3.20. The van der Waals surface area contributed by atoms with Crippen LogP contribution in [-0.4, -0.2) is 23.1 Å². The predicted octanol–water partition coefficient (Wildman–Crippen LogP) is 5.57. The lowest BCUT2D eigenvalue weighted by molar-refractivity contribution is 0.131. The number of fused-ring (bicyclic) bond motifs is 8. The van der Waals surface area contributed by atoms with Gasteiger partial charge >= 0.3 is 0 Å². The summed E-state index contributed by atoms with van der Waals surface area (Å²) in [4.78, 5) is 9.53. The zero-order chi connectivity index (χ0) is 19.0. The largest absolute Gasteiger partial charge is 0.436 e. The summed E-state index contributed by atoms with van der Waals surface area (Å²) < 4.78 is 6.32. The summed E-state index contributed by atoms with van der Waals surface area (Å²) in [5, 5.41) is 2.23. The van der Waals surface area contributed by atoms with E-state index >= 15 is 0 Å². The molecule has 2 aromatic carbocycles. The van der Waals surface area contributed by atoms with Crippen molar-refractivity contribution in [3.8, 4) is 0 Å². The Bertz CT molecular complexity index is 1230. The first-order valence-electron chi connectivity index (χ1n) is 10.0. The molecule has 1 aliphatic carbocycles. The van der Waals surface area contributed by atoms with Gasteiger partial charge in [-0.25, -0.2) is 4.98 Å². The lowest BCUT2D eigenvalue weighted by Crippen LogP contribution is -2.50. The number of aromatic nitrogens is 1. The van der Waals surface area contributed by atoms with Crippen LogP contribution in [0.5, 0.6) is 0 Å². The Kier molecular flexibility index (Phi) is 3.22. The first-order chi connectivity index (χ1) is 13.6. The lowest BCUT2D eigenvalue weighted by atomic mass is 10.0. The van der Waals surface area contributed by atoms with Gasteiger partial charge in [0, 0.05) is 23.0 Å². The summed E-state index contributed by atoms with van der Waals surface area (Å²) in [6.45, 7) is 4.50. The third kappa shape index (κ3) is 1.96. The highest BCUT2D eigenvalue weighted by Crippen LogP contribution is 2.53. The number of rotatable bonds is 1. The molecule has 0 amide bonds. The summed E-state index contributed by atoms with van der Waals surface area (Å²) in [5.41, 5.74) is 7.04. The van der Waals surface area contributed by atoms with Gasteiger partial charge in [-0.2, -0.15) is 0 Å². The summed E-state index contributed by atoms with van der Waals surface area (Å²) in [5.74, 6) is 0. The molecule has 1 aliphatic heterocycles. The Hall–Kier alpha value is -2.85. The minimum absolute atomic E-state index is 0.279. The Labute approximate surface area is 164 Å². The second-order valence-electron chi connectivity index (χ2n) is 8.17. The average Bonchev–Trinajstić information content (AvgIpc) is 3.25. The minimum Gasteiger partial charge on any atom is -0.436 e. The molecule has 28 heavy (non-hydrogen) atoms. The van der Waals surface area contributed by atoms with Crippen molar-refractivity contribution >= 4 is 27.8 Å². The highest BCUT2D eigenvalue weighted by atomic mass is 16.3. The second kappa shape index (κ2) is 5.58. The molecular weight excluding hydrogens is 346 g/mol. The summed E-state index contributed by atoms with van der Waals surface area (Å²) in [6, 6.07) is 18.3. The van der Waals surface area contributed by atoms with Gasteiger partial charge in [-0.1, -0.05) is 36.4 Å². The molecule has 0 N–H and O–H groups in total. The molecule has 1 saturated heterocycles. The topological polar surface area (TPSA) is 32.5 Å². The Morgan fingerprint density at radius 3 is 2.57 bits per heavy atom. The highest BCUT2D eigenvalue weighted by molar-refractivity contribution is 6.08. The summed E-state index contributed by atoms with van der Waals surface area (Å²) in [7, 11) is 2.25. The van der Waals surface area contributed by atoms with Crippen LogP contribution in [0.1, 0.15) is 42.1 Å². The molecule has 2 bridgehead atoms. The molecule has 0 saturated carbocycles. The van der Waals surface area contributed by atoms with Gasteiger partial charge in [-0.15, -0.1) is 0 Å². The molecule has 140 valence electrons. The number of furan rings is 1. The second-order valence-corrected chi connectivity index (χ2v) is 8.17. The number of anilines is 1. The highest BCUT2D eigenvalue weighted by Gasteiger charge is 2.46. The van der Waals surface area contributed by atoms with Crippen molar-refractivity contribution in [3.05, 3.63) is 71.4 Å². The van der Waals surface area contributed by atoms with Crippen LogP contribution in [0, 0.1) is 6.92 Å². The molecule has 1 fully saturated rings. The monoisotopic (exact) mass is 369 g/mol. The van der Waals surface area contributed by atoms with E-state index in [1.807, 2.05) is 6.07 Å². The van der Waals surface area contributed by atoms with E-state index in [-0.39, 0.29) is 6.17 Å². The number of pyridine rings is 1. The normalized spacial score (nSPS) is 24.2. The van der Waals surface area contributed by atoms with Crippen molar-refractivity contribution in [2.24, 2.45) is 0 Å². The van der Waals surface area contributed by atoms with Crippen LogP contribution < -0.4 is 4.90 Å². The van der Waals surface area contributed by atoms with Crippen molar-refractivity contribution in [2.75, 3.05) is 11.9 Å². The number of nitrogens with zero attached hydrogens (tertiary/aromatic N) is 3. The third-order valence-electron chi connectivity index (χ3n) is 6.83. The van der Waals surface area contributed by atoms with Gasteiger partial charge in [0.2, 0.25) is 5.71 Å². The fourth-order valence-corrected chi connectivity index (χ4v) is 5.37. The predicted molar refractivity (Wildman–Crippen MR) is 112 cm³/mol. The fourth-order valence-electron chi connectivity index (χ4n) is 5.37. The van der Waals surface area contributed by atoms with Gasteiger partial charge in [0.15, 0.2) is 5.58 Å². The molecule has 3 atom stereocenters. The van der Waals surface area contributed by atoms with E-state index in [1.165, 1.54) is 22.4 Å². The van der Waals surface area contributed by atoms with Gasteiger partial charge in [-0.3, -0.25) is 4.90 Å². The number of hydrogen-bond donors (Lipinski definition) is 0. The van der Waals surface area contributed by atoms with E-state index in [0.29, 0.717) is 17.8 Å². The fraction of sp³-hybridized carbons (Fsp3) is 0.292. The van der Waals surface area contributed by atoms with Crippen LogP contribution in [0.2, 0.25) is 0 Å². The van der Waals surface area contributed by atoms with Crippen LogP contribution in [-0.2, 0) is 0 Å². The van der Waals surface area contributed by atoms with Crippen molar-refractivity contribution in [1.29, 1.82) is 0 Å².